The maximum Gasteiger partial charge on any atom is 0.325 e. The summed E-state index contributed by atoms with van der Waals surface area (Å²) in [6.07, 6.45) is 1.66. The molecule has 178 valence electrons. The van der Waals surface area contributed by atoms with E-state index in [1.165, 1.54) is 6.92 Å². The first-order chi connectivity index (χ1) is 14.4. The lowest BCUT2D eigenvalue weighted by Gasteiger charge is -2.27. The summed E-state index contributed by atoms with van der Waals surface area (Å²) >= 11 is 0. The van der Waals surface area contributed by atoms with E-state index in [1.807, 2.05) is 0 Å². The van der Waals surface area contributed by atoms with Crippen molar-refractivity contribution in [2.24, 2.45) is 23.1 Å². The Bertz CT molecular complexity index is 643. The Morgan fingerprint density at radius 1 is 0.935 bits per heavy atom. The molecule has 0 aromatic rings. The first kappa shape index (κ1) is 28.3. The molecule has 0 aliphatic carbocycles. The topological polar surface area (TPSA) is 220 Å². The fourth-order valence-corrected chi connectivity index (χ4v) is 2.65. The van der Waals surface area contributed by atoms with Crippen LogP contribution in [0.2, 0.25) is 0 Å². The summed E-state index contributed by atoms with van der Waals surface area (Å²) in [5, 5.41) is 16.2. The van der Waals surface area contributed by atoms with E-state index in [0.29, 0.717) is 32.2 Å². The number of carboxylic acids is 1. The standard InChI is InChI=1S/C19H36N6O6/c1-4-10(2)15(18(29)23-11(3)19(30)31)25-17(28)13(9-14(22)26)24-16(27)12(21)7-5-6-8-20/h10-13,15H,4-9,20-21H2,1-3H3,(H2,22,26)(H,23,29)(H,24,27)(H,25,28)(H,30,31). The van der Waals surface area contributed by atoms with E-state index in [9.17, 15) is 24.0 Å². The number of carbonyl (C=O) groups is 5. The highest BCUT2D eigenvalue weighted by molar-refractivity contribution is 5.96. The molecule has 0 fully saturated rings. The van der Waals surface area contributed by atoms with Crippen molar-refractivity contribution in [1.29, 1.82) is 0 Å². The van der Waals surface area contributed by atoms with Crippen LogP contribution in [0.5, 0.6) is 0 Å². The van der Waals surface area contributed by atoms with Gasteiger partial charge in [-0.3, -0.25) is 24.0 Å². The van der Waals surface area contributed by atoms with Crippen LogP contribution < -0.4 is 33.2 Å². The minimum absolute atomic E-state index is 0.346. The number of nitrogens with one attached hydrogen (secondary N) is 3. The van der Waals surface area contributed by atoms with E-state index in [4.69, 9.17) is 22.3 Å². The van der Waals surface area contributed by atoms with Crippen molar-refractivity contribution in [3.63, 3.8) is 0 Å². The molecule has 4 amide bonds. The maximum atomic E-state index is 12.8. The zero-order valence-corrected chi connectivity index (χ0v) is 18.3. The van der Waals surface area contributed by atoms with Crippen molar-refractivity contribution < 1.29 is 29.1 Å². The number of primary amides is 1. The fraction of sp³-hybridized carbons (Fsp3) is 0.737. The molecule has 0 radical (unpaired) electrons. The second kappa shape index (κ2) is 14.3. The Balaban J connectivity index is 5.33. The van der Waals surface area contributed by atoms with Crippen molar-refractivity contribution in [3.8, 4) is 0 Å². The molecule has 0 spiro atoms. The Morgan fingerprint density at radius 3 is 2.03 bits per heavy atom. The minimum atomic E-state index is -1.33. The van der Waals surface area contributed by atoms with Crippen LogP contribution in [0.4, 0.5) is 0 Å². The van der Waals surface area contributed by atoms with E-state index in [0.717, 1.165) is 0 Å². The quantitative estimate of drug-likeness (QED) is 0.139. The molecule has 0 saturated carbocycles. The predicted octanol–water partition coefficient (Wildman–Crippen LogP) is -2.08. The van der Waals surface area contributed by atoms with Gasteiger partial charge in [-0.2, -0.15) is 0 Å². The number of carbonyl (C=O) groups excluding carboxylic acids is 4. The molecule has 0 aliphatic rings. The molecular weight excluding hydrogens is 408 g/mol. The van der Waals surface area contributed by atoms with Crippen LogP contribution >= 0.6 is 0 Å². The van der Waals surface area contributed by atoms with Gasteiger partial charge in [0.2, 0.25) is 23.6 Å². The van der Waals surface area contributed by atoms with Crippen LogP contribution in [0.15, 0.2) is 0 Å². The highest BCUT2D eigenvalue weighted by atomic mass is 16.4. The molecular formula is C19H36N6O6. The highest BCUT2D eigenvalue weighted by Crippen LogP contribution is 2.10. The smallest absolute Gasteiger partial charge is 0.325 e. The molecule has 31 heavy (non-hydrogen) atoms. The molecule has 0 saturated heterocycles. The molecule has 12 heteroatoms. The number of amides is 4. The fourth-order valence-electron chi connectivity index (χ4n) is 2.65. The van der Waals surface area contributed by atoms with Crippen LogP contribution in [0.3, 0.4) is 0 Å². The van der Waals surface area contributed by atoms with Crippen molar-refractivity contribution in [2.75, 3.05) is 6.54 Å². The van der Waals surface area contributed by atoms with Gasteiger partial charge in [0.15, 0.2) is 0 Å². The first-order valence-corrected chi connectivity index (χ1v) is 10.3. The van der Waals surface area contributed by atoms with Crippen LogP contribution in [0.25, 0.3) is 0 Å². The van der Waals surface area contributed by atoms with Crippen LogP contribution in [-0.4, -0.2) is 65.4 Å². The maximum absolute atomic E-state index is 12.8. The number of nitrogens with two attached hydrogens (primary N) is 3. The lowest BCUT2D eigenvalue weighted by atomic mass is 9.97. The number of rotatable bonds is 15. The first-order valence-electron chi connectivity index (χ1n) is 10.3. The van der Waals surface area contributed by atoms with Crippen molar-refractivity contribution in [3.05, 3.63) is 0 Å². The monoisotopic (exact) mass is 444 g/mol. The second-order valence-electron chi connectivity index (χ2n) is 7.56. The SMILES string of the molecule is CCC(C)C(NC(=O)C(CC(N)=O)NC(=O)C(N)CCCCN)C(=O)NC(C)C(=O)O. The number of aliphatic carboxylic acids is 1. The summed E-state index contributed by atoms with van der Waals surface area (Å²) < 4.78 is 0. The van der Waals surface area contributed by atoms with Gasteiger partial charge in [0.1, 0.15) is 18.1 Å². The molecule has 5 unspecified atom stereocenters. The normalized spacial score (nSPS) is 15.6. The number of hydrogen-bond donors (Lipinski definition) is 7. The summed E-state index contributed by atoms with van der Waals surface area (Å²) in [6, 6.07) is -4.48. The molecule has 0 aromatic carbocycles. The van der Waals surface area contributed by atoms with Crippen molar-refractivity contribution >= 4 is 29.6 Å². The Hall–Kier alpha value is -2.73. The zero-order valence-electron chi connectivity index (χ0n) is 18.3. The van der Waals surface area contributed by atoms with Gasteiger partial charge in [0.25, 0.3) is 0 Å². The lowest BCUT2D eigenvalue weighted by Crippen LogP contribution is -2.59. The largest absolute Gasteiger partial charge is 0.480 e. The molecule has 0 bridgehead atoms. The van der Waals surface area contributed by atoms with E-state index >= 15 is 0 Å². The van der Waals surface area contributed by atoms with Gasteiger partial charge in [-0.15, -0.1) is 0 Å². The number of carboxylic acid groups (broad SMARTS) is 1. The van der Waals surface area contributed by atoms with Gasteiger partial charge < -0.3 is 38.3 Å². The lowest BCUT2D eigenvalue weighted by molar-refractivity contribution is -0.142. The third-order valence-corrected chi connectivity index (χ3v) is 4.87. The Kier molecular flexibility index (Phi) is 13.0. The molecule has 0 aromatic heterocycles. The van der Waals surface area contributed by atoms with E-state index in [-0.39, 0.29) is 5.92 Å². The molecule has 0 rings (SSSR count). The van der Waals surface area contributed by atoms with Crippen LogP contribution in [0, 0.1) is 5.92 Å². The molecule has 10 N–H and O–H groups in total. The second-order valence-corrected chi connectivity index (χ2v) is 7.56. The molecule has 0 heterocycles. The average Bonchev–Trinajstić information content (AvgIpc) is 2.69. The van der Waals surface area contributed by atoms with Gasteiger partial charge in [-0.05, 0) is 32.2 Å². The van der Waals surface area contributed by atoms with Gasteiger partial charge in [-0.1, -0.05) is 26.7 Å². The van der Waals surface area contributed by atoms with Crippen molar-refractivity contribution in [2.45, 2.75) is 77.0 Å². The van der Waals surface area contributed by atoms with Crippen LogP contribution in [0.1, 0.15) is 52.9 Å². The summed E-state index contributed by atoms with van der Waals surface area (Å²) in [4.78, 5) is 60.0. The minimum Gasteiger partial charge on any atom is -0.480 e. The van der Waals surface area contributed by atoms with Gasteiger partial charge in [0, 0.05) is 0 Å². The third-order valence-electron chi connectivity index (χ3n) is 4.87. The average molecular weight is 445 g/mol. The summed E-state index contributed by atoms with van der Waals surface area (Å²) in [7, 11) is 0. The van der Waals surface area contributed by atoms with E-state index < -0.39 is 60.2 Å². The summed E-state index contributed by atoms with van der Waals surface area (Å²) in [5.41, 5.74) is 16.4. The Labute approximate surface area is 182 Å². The van der Waals surface area contributed by atoms with Gasteiger partial charge in [-0.25, -0.2) is 0 Å². The highest BCUT2D eigenvalue weighted by Gasteiger charge is 2.32. The molecule has 12 nitrogen and oxygen atoms in total. The van der Waals surface area contributed by atoms with E-state index in [2.05, 4.69) is 16.0 Å². The Morgan fingerprint density at radius 2 is 1.55 bits per heavy atom. The van der Waals surface area contributed by atoms with Crippen LogP contribution in [-0.2, 0) is 24.0 Å². The number of unbranched alkanes of at least 4 members (excludes halogenated alkanes) is 1. The zero-order chi connectivity index (χ0) is 24.1. The summed E-state index contributed by atoms with van der Waals surface area (Å²) in [6.45, 7) is 5.24. The molecule has 0 aliphatic heterocycles. The van der Waals surface area contributed by atoms with Gasteiger partial charge in [0.05, 0.1) is 12.5 Å². The molecule has 5 atom stereocenters. The predicted molar refractivity (Wildman–Crippen MR) is 113 cm³/mol. The van der Waals surface area contributed by atoms with Crippen molar-refractivity contribution in [1.82, 2.24) is 16.0 Å². The van der Waals surface area contributed by atoms with E-state index in [1.54, 1.807) is 13.8 Å². The van der Waals surface area contributed by atoms with Gasteiger partial charge >= 0.3 is 5.97 Å². The summed E-state index contributed by atoms with van der Waals surface area (Å²) in [5.74, 6) is -4.55. The third kappa shape index (κ3) is 10.7. The number of hydrogen-bond acceptors (Lipinski definition) is 7.